The Morgan fingerprint density at radius 2 is 1.90 bits per heavy atom. The van der Waals surface area contributed by atoms with Gasteiger partial charge in [-0.1, -0.05) is 30.3 Å². The van der Waals surface area contributed by atoms with Crippen LogP contribution in [0.3, 0.4) is 0 Å². The molecular weight excluding hydrogens is 364 g/mol. The van der Waals surface area contributed by atoms with Crippen molar-refractivity contribution in [1.29, 1.82) is 0 Å². The minimum atomic E-state index is -0.230. The van der Waals surface area contributed by atoms with Gasteiger partial charge in [-0.2, -0.15) is 0 Å². The Kier molecular flexibility index (Phi) is 5.05. The fraction of sp³-hybridized carbons (Fsp3) is 0.182. The Balaban J connectivity index is 1.71. The van der Waals surface area contributed by atoms with E-state index in [4.69, 9.17) is 10.7 Å². The maximum Gasteiger partial charge on any atom is 0.252 e. The molecule has 1 amide bonds. The normalized spacial score (nSPS) is 12.1. The van der Waals surface area contributed by atoms with Gasteiger partial charge in [-0.25, -0.2) is 4.98 Å². The Bertz CT molecular complexity index is 1170. The van der Waals surface area contributed by atoms with Gasteiger partial charge in [-0.15, -0.1) is 10.2 Å². The van der Waals surface area contributed by atoms with Crippen molar-refractivity contribution in [3.63, 3.8) is 0 Å². The number of nitrogens with two attached hydrogens (primary N) is 1. The summed E-state index contributed by atoms with van der Waals surface area (Å²) in [5, 5.41) is 11.8. The van der Waals surface area contributed by atoms with Crippen molar-refractivity contribution in [3.8, 4) is 5.82 Å². The van der Waals surface area contributed by atoms with Crippen molar-refractivity contribution in [2.75, 3.05) is 0 Å². The Morgan fingerprint density at radius 1 is 1.14 bits per heavy atom. The summed E-state index contributed by atoms with van der Waals surface area (Å²) in [6, 6.07) is 15.3. The molecular formula is C22H22N6O. The lowest BCUT2D eigenvalue weighted by Gasteiger charge is -2.19. The number of rotatable bonds is 5. The number of carbonyl (C=O) groups is 1. The summed E-state index contributed by atoms with van der Waals surface area (Å²) in [5.41, 5.74) is 10.0. The van der Waals surface area contributed by atoms with Gasteiger partial charge in [0.2, 0.25) is 0 Å². The number of nitrogens with zero attached hydrogens (tertiary/aromatic N) is 4. The monoisotopic (exact) mass is 386 g/mol. The smallest absolute Gasteiger partial charge is 0.252 e. The number of benzene rings is 2. The molecule has 0 radical (unpaired) electrons. The van der Waals surface area contributed by atoms with Crippen LogP contribution in [-0.4, -0.2) is 25.7 Å². The fourth-order valence-electron chi connectivity index (χ4n) is 3.39. The number of hydrogen-bond donors (Lipinski definition) is 2. The first-order valence-corrected chi connectivity index (χ1v) is 9.42. The van der Waals surface area contributed by atoms with Crippen LogP contribution in [0, 0.1) is 6.92 Å². The van der Waals surface area contributed by atoms with Crippen LogP contribution in [0.15, 0.2) is 61.2 Å². The minimum Gasteiger partial charge on any atom is -0.345 e. The summed E-state index contributed by atoms with van der Waals surface area (Å²) < 4.78 is 1.75. The zero-order valence-electron chi connectivity index (χ0n) is 16.3. The molecule has 0 aliphatic heterocycles. The van der Waals surface area contributed by atoms with Crippen LogP contribution in [0.25, 0.3) is 16.7 Å². The molecule has 146 valence electrons. The molecule has 4 aromatic rings. The number of nitrogens with one attached hydrogen (secondary N) is 1. The van der Waals surface area contributed by atoms with Crippen molar-refractivity contribution < 1.29 is 4.79 Å². The van der Waals surface area contributed by atoms with E-state index in [0.717, 1.165) is 27.6 Å². The maximum atomic E-state index is 13.0. The zero-order chi connectivity index (χ0) is 20.4. The number of para-hydroxylation sites is 1. The molecule has 7 nitrogen and oxygen atoms in total. The highest BCUT2D eigenvalue weighted by Crippen LogP contribution is 2.26. The molecule has 1 atom stereocenters. The average Bonchev–Trinajstić information content (AvgIpc) is 3.28. The number of pyridine rings is 1. The molecule has 0 saturated carbocycles. The third-order valence-electron chi connectivity index (χ3n) is 5.01. The molecule has 0 fully saturated rings. The molecule has 0 unspecified atom stereocenters. The fourth-order valence-corrected chi connectivity index (χ4v) is 3.39. The number of amides is 1. The van der Waals surface area contributed by atoms with Gasteiger partial charge in [0, 0.05) is 17.5 Å². The predicted molar refractivity (Wildman–Crippen MR) is 112 cm³/mol. The summed E-state index contributed by atoms with van der Waals surface area (Å²) in [6.07, 6.45) is 3.21. The molecule has 2 heterocycles. The molecule has 0 aliphatic rings. The van der Waals surface area contributed by atoms with E-state index >= 15 is 0 Å². The molecule has 3 N–H and O–H groups in total. The molecule has 2 aromatic carbocycles. The van der Waals surface area contributed by atoms with Crippen LogP contribution in [-0.2, 0) is 6.54 Å². The van der Waals surface area contributed by atoms with E-state index in [1.807, 2.05) is 62.4 Å². The molecule has 2 aromatic heterocycles. The van der Waals surface area contributed by atoms with E-state index in [-0.39, 0.29) is 11.9 Å². The molecule has 7 heteroatoms. The molecule has 0 aliphatic carbocycles. The number of fused-ring (bicyclic) bond motifs is 1. The Morgan fingerprint density at radius 3 is 2.66 bits per heavy atom. The second-order valence-corrected chi connectivity index (χ2v) is 7.00. The van der Waals surface area contributed by atoms with Crippen LogP contribution >= 0.6 is 0 Å². The second kappa shape index (κ2) is 7.81. The standard InChI is InChI=1S/C22H22N6O/c1-14-7-8-16(11-23)9-18(14)22(29)26-15(2)19-10-21(28-12-24-25-13-28)27-20-6-4-3-5-17(19)20/h3-10,12-13,15H,11,23H2,1-2H3,(H,26,29)/t15-/m1/s1. The topological polar surface area (TPSA) is 98.7 Å². The first-order valence-electron chi connectivity index (χ1n) is 9.42. The van der Waals surface area contributed by atoms with Gasteiger partial charge in [-0.05, 0) is 48.7 Å². The van der Waals surface area contributed by atoms with Gasteiger partial charge in [0.05, 0.1) is 11.6 Å². The summed E-state index contributed by atoms with van der Waals surface area (Å²) in [5.74, 6) is 0.572. The van der Waals surface area contributed by atoms with Crippen molar-refractivity contribution >= 4 is 16.8 Å². The first kappa shape index (κ1) is 18.8. The van der Waals surface area contributed by atoms with Crippen LogP contribution in [0.4, 0.5) is 0 Å². The van der Waals surface area contributed by atoms with Crippen LogP contribution in [0.5, 0.6) is 0 Å². The van der Waals surface area contributed by atoms with E-state index in [9.17, 15) is 4.79 Å². The first-order chi connectivity index (χ1) is 14.1. The third-order valence-corrected chi connectivity index (χ3v) is 5.01. The van der Waals surface area contributed by atoms with Crippen molar-refractivity contribution in [2.45, 2.75) is 26.4 Å². The van der Waals surface area contributed by atoms with Crippen LogP contribution in [0.1, 0.15) is 40.0 Å². The number of aryl methyl sites for hydroxylation is 1. The van der Waals surface area contributed by atoms with E-state index in [2.05, 4.69) is 15.5 Å². The number of hydrogen-bond acceptors (Lipinski definition) is 5. The summed E-state index contributed by atoms with van der Waals surface area (Å²) in [7, 11) is 0. The zero-order valence-corrected chi connectivity index (χ0v) is 16.3. The van der Waals surface area contributed by atoms with E-state index in [1.54, 1.807) is 17.2 Å². The predicted octanol–water partition coefficient (Wildman–Crippen LogP) is 3.07. The molecule has 0 bridgehead atoms. The Hall–Kier alpha value is -3.58. The lowest BCUT2D eigenvalue weighted by atomic mass is 10.0. The minimum absolute atomic E-state index is 0.128. The van der Waals surface area contributed by atoms with Gasteiger partial charge in [-0.3, -0.25) is 9.36 Å². The highest BCUT2D eigenvalue weighted by atomic mass is 16.1. The van der Waals surface area contributed by atoms with Crippen molar-refractivity contribution in [2.24, 2.45) is 5.73 Å². The van der Waals surface area contributed by atoms with E-state index < -0.39 is 0 Å². The quantitative estimate of drug-likeness (QED) is 0.549. The average molecular weight is 386 g/mol. The summed E-state index contributed by atoms with van der Waals surface area (Å²) in [6.45, 7) is 4.29. The third kappa shape index (κ3) is 3.72. The largest absolute Gasteiger partial charge is 0.345 e. The maximum absolute atomic E-state index is 13.0. The molecule has 0 saturated heterocycles. The lowest BCUT2D eigenvalue weighted by Crippen LogP contribution is -2.27. The van der Waals surface area contributed by atoms with Gasteiger partial charge < -0.3 is 11.1 Å². The van der Waals surface area contributed by atoms with Gasteiger partial charge in [0.25, 0.3) is 5.91 Å². The SMILES string of the molecule is Cc1ccc(CN)cc1C(=O)N[C@H](C)c1cc(-n2cnnc2)nc2ccccc12. The lowest BCUT2D eigenvalue weighted by molar-refractivity contribution is 0.0939. The molecule has 29 heavy (non-hydrogen) atoms. The molecule has 0 spiro atoms. The highest BCUT2D eigenvalue weighted by Gasteiger charge is 2.17. The summed E-state index contributed by atoms with van der Waals surface area (Å²) in [4.78, 5) is 17.7. The van der Waals surface area contributed by atoms with E-state index in [1.165, 1.54) is 0 Å². The van der Waals surface area contributed by atoms with E-state index in [0.29, 0.717) is 17.9 Å². The van der Waals surface area contributed by atoms with Crippen LogP contribution in [0.2, 0.25) is 0 Å². The highest BCUT2D eigenvalue weighted by molar-refractivity contribution is 5.96. The second-order valence-electron chi connectivity index (χ2n) is 7.00. The molecule has 4 rings (SSSR count). The van der Waals surface area contributed by atoms with Gasteiger partial charge in [0.15, 0.2) is 0 Å². The van der Waals surface area contributed by atoms with Crippen LogP contribution < -0.4 is 11.1 Å². The number of aromatic nitrogens is 4. The Labute approximate surface area is 168 Å². The van der Waals surface area contributed by atoms with Crippen molar-refractivity contribution in [3.05, 3.63) is 83.4 Å². The van der Waals surface area contributed by atoms with Crippen molar-refractivity contribution in [1.82, 2.24) is 25.1 Å². The van der Waals surface area contributed by atoms with Gasteiger partial charge >= 0.3 is 0 Å². The summed E-state index contributed by atoms with van der Waals surface area (Å²) >= 11 is 0. The van der Waals surface area contributed by atoms with Gasteiger partial charge in [0.1, 0.15) is 18.5 Å². The number of carbonyl (C=O) groups excluding carboxylic acids is 1.